The normalized spacial score (nSPS) is 11.9. The molecule has 0 aliphatic heterocycles. The van der Waals surface area contributed by atoms with Crippen molar-refractivity contribution in [3.8, 4) is 22.8 Å². The maximum Gasteiger partial charge on any atom is 0.188 e. The molecule has 0 amide bonds. The summed E-state index contributed by atoms with van der Waals surface area (Å²) in [5.74, 6) is 0.782. The highest BCUT2D eigenvalue weighted by molar-refractivity contribution is 5.68. The molecule has 0 spiro atoms. The molecule has 2 aromatic carbocycles. The molecule has 0 aliphatic rings. The van der Waals surface area contributed by atoms with Crippen molar-refractivity contribution < 1.29 is 9.84 Å². The summed E-state index contributed by atoms with van der Waals surface area (Å²) in [6.45, 7) is 0.825. The molecule has 25 heavy (non-hydrogen) atoms. The van der Waals surface area contributed by atoms with Gasteiger partial charge in [0, 0.05) is 24.1 Å². The summed E-state index contributed by atoms with van der Waals surface area (Å²) in [7, 11) is 0. The van der Waals surface area contributed by atoms with Gasteiger partial charge in [-0.3, -0.25) is 0 Å². The average Bonchev–Trinajstić information content (AvgIpc) is 2.65. The fourth-order valence-corrected chi connectivity index (χ4v) is 2.54. The Morgan fingerprint density at radius 3 is 2.44 bits per heavy atom. The highest BCUT2D eigenvalue weighted by Crippen LogP contribution is 2.31. The maximum absolute atomic E-state index is 9.97. The van der Waals surface area contributed by atoms with Gasteiger partial charge in [-0.15, -0.1) is 10.2 Å². The van der Waals surface area contributed by atoms with Crippen molar-refractivity contribution in [2.45, 2.75) is 5.92 Å². The lowest BCUT2D eigenvalue weighted by atomic mass is 10.0. The zero-order valence-corrected chi connectivity index (χ0v) is 13.7. The Hall–Kier alpha value is -3.12. The average molecular weight is 336 g/mol. The van der Waals surface area contributed by atoms with E-state index in [9.17, 15) is 5.11 Å². The van der Waals surface area contributed by atoms with E-state index in [2.05, 4.69) is 10.2 Å². The van der Waals surface area contributed by atoms with Crippen LogP contribution in [-0.2, 0) is 0 Å². The third-order valence-electron chi connectivity index (χ3n) is 3.96. The number of aromatic nitrogens is 2. The zero-order valence-electron chi connectivity index (χ0n) is 13.7. The van der Waals surface area contributed by atoms with Crippen LogP contribution in [0.4, 0.5) is 5.82 Å². The first-order valence-corrected chi connectivity index (χ1v) is 7.98. The summed E-state index contributed by atoms with van der Waals surface area (Å²) < 4.78 is 5.86. The molecular weight excluding hydrogens is 316 g/mol. The van der Waals surface area contributed by atoms with E-state index < -0.39 is 0 Å². The molecule has 0 radical (unpaired) electrons. The van der Waals surface area contributed by atoms with Gasteiger partial charge in [0.2, 0.25) is 0 Å². The first kappa shape index (κ1) is 16.7. The Morgan fingerprint density at radius 1 is 1.00 bits per heavy atom. The number of phenolic OH excluding ortho intramolecular Hbond substituents is 1. The van der Waals surface area contributed by atoms with Crippen LogP contribution >= 0.6 is 0 Å². The minimum Gasteiger partial charge on any atom is -0.507 e. The highest BCUT2D eigenvalue weighted by Gasteiger charge is 2.14. The number of aromatic hydroxyl groups is 1. The molecule has 3 aromatic rings. The van der Waals surface area contributed by atoms with Gasteiger partial charge in [0.1, 0.15) is 11.4 Å². The molecule has 0 saturated heterocycles. The Bertz CT molecular complexity index is 840. The second-order valence-electron chi connectivity index (χ2n) is 5.65. The van der Waals surface area contributed by atoms with Gasteiger partial charge in [-0.2, -0.15) is 0 Å². The van der Waals surface area contributed by atoms with Gasteiger partial charge >= 0.3 is 0 Å². The maximum atomic E-state index is 9.97. The standard InChI is InChI=1S/C19H20N4O2/c20-11-14(13-6-2-1-3-7-13)12-25-18-10-16(22-23-19(18)21)15-8-4-5-9-17(15)24/h1-10,14,24H,11-12,20H2,(H2,21,23). The lowest BCUT2D eigenvalue weighted by Crippen LogP contribution is -2.20. The zero-order chi connectivity index (χ0) is 17.6. The van der Waals surface area contributed by atoms with E-state index in [1.54, 1.807) is 24.3 Å². The molecule has 1 atom stereocenters. The van der Waals surface area contributed by atoms with Crippen LogP contribution in [-0.4, -0.2) is 28.5 Å². The number of phenols is 1. The van der Waals surface area contributed by atoms with Crippen LogP contribution in [0, 0.1) is 0 Å². The molecule has 1 unspecified atom stereocenters. The Morgan fingerprint density at radius 2 is 1.72 bits per heavy atom. The van der Waals surface area contributed by atoms with E-state index in [4.69, 9.17) is 16.2 Å². The van der Waals surface area contributed by atoms with Gasteiger partial charge in [-0.1, -0.05) is 42.5 Å². The minimum absolute atomic E-state index is 0.0438. The van der Waals surface area contributed by atoms with E-state index in [1.165, 1.54) is 0 Å². The molecule has 5 N–H and O–H groups in total. The molecule has 0 aliphatic carbocycles. The number of nitrogen functional groups attached to an aromatic ring is 1. The van der Waals surface area contributed by atoms with E-state index in [0.717, 1.165) is 5.56 Å². The number of nitrogens with two attached hydrogens (primary N) is 2. The van der Waals surface area contributed by atoms with Crippen LogP contribution in [0.2, 0.25) is 0 Å². The minimum atomic E-state index is 0.0438. The summed E-state index contributed by atoms with van der Waals surface area (Å²) in [6.07, 6.45) is 0. The van der Waals surface area contributed by atoms with Crippen molar-refractivity contribution in [1.82, 2.24) is 10.2 Å². The van der Waals surface area contributed by atoms with Gasteiger partial charge in [0.25, 0.3) is 0 Å². The monoisotopic (exact) mass is 336 g/mol. The summed E-state index contributed by atoms with van der Waals surface area (Å²) in [5.41, 5.74) is 13.9. The van der Waals surface area contributed by atoms with Crippen molar-refractivity contribution in [3.05, 3.63) is 66.2 Å². The lowest BCUT2D eigenvalue weighted by Gasteiger charge is -2.17. The molecule has 6 nitrogen and oxygen atoms in total. The van der Waals surface area contributed by atoms with Crippen molar-refractivity contribution in [1.29, 1.82) is 0 Å². The fourth-order valence-electron chi connectivity index (χ4n) is 2.54. The van der Waals surface area contributed by atoms with Crippen LogP contribution in [0.3, 0.4) is 0 Å². The molecule has 1 heterocycles. The Balaban J connectivity index is 1.81. The van der Waals surface area contributed by atoms with Gasteiger partial charge in [-0.25, -0.2) is 0 Å². The number of nitrogens with zero attached hydrogens (tertiary/aromatic N) is 2. The predicted octanol–water partition coefficient (Wildman–Crippen LogP) is 2.55. The van der Waals surface area contributed by atoms with Crippen LogP contribution in [0.5, 0.6) is 11.5 Å². The van der Waals surface area contributed by atoms with Crippen LogP contribution in [0.15, 0.2) is 60.7 Å². The topological polar surface area (TPSA) is 107 Å². The number of hydrogen-bond acceptors (Lipinski definition) is 6. The SMILES string of the molecule is NCC(COc1cc(-c2ccccc2O)nnc1N)c1ccccc1. The summed E-state index contributed by atoms with van der Waals surface area (Å²) in [4.78, 5) is 0. The number of rotatable bonds is 6. The van der Waals surface area contributed by atoms with E-state index in [1.807, 2.05) is 36.4 Å². The smallest absolute Gasteiger partial charge is 0.188 e. The highest BCUT2D eigenvalue weighted by atomic mass is 16.5. The molecule has 0 fully saturated rings. The molecule has 1 aromatic heterocycles. The quantitative estimate of drug-likeness (QED) is 0.638. The Labute approximate surface area is 146 Å². The van der Waals surface area contributed by atoms with Gasteiger partial charge < -0.3 is 21.3 Å². The molecule has 0 saturated carbocycles. The molecule has 0 bridgehead atoms. The third kappa shape index (κ3) is 3.87. The number of hydrogen-bond donors (Lipinski definition) is 3. The molecular formula is C19H20N4O2. The first-order chi connectivity index (χ1) is 12.2. The van der Waals surface area contributed by atoms with E-state index >= 15 is 0 Å². The number of ether oxygens (including phenoxy) is 1. The third-order valence-corrected chi connectivity index (χ3v) is 3.96. The van der Waals surface area contributed by atoms with Crippen LogP contribution in [0.25, 0.3) is 11.3 Å². The Kier molecular flexibility index (Phi) is 5.11. The first-order valence-electron chi connectivity index (χ1n) is 7.98. The second kappa shape index (κ2) is 7.63. The van der Waals surface area contributed by atoms with Gasteiger partial charge in [0.05, 0.1) is 6.61 Å². The number of benzene rings is 2. The number of anilines is 1. The second-order valence-corrected chi connectivity index (χ2v) is 5.65. The van der Waals surface area contributed by atoms with Crippen molar-refractivity contribution >= 4 is 5.82 Å². The number of para-hydroxylation sites is 1. The molecule has 128 valence electrons. The van der Waals surface area contributed by atoms with Crippen LogP contribution < -0.4 is 16.2 Å². The summed E-state index contributed by atoms with van der Waals surface area (Å²) in [5, 5.41) is 17.9. The van der Waals surface area contributed by atoms with Crippen LogP contribution in [0.1, 0.15) is 11.5 Å². The summed E-state index contributed by atoms with van der Waals surface area (Å²) in [6, 6.07) is 18.5. The largest absolute Gasteiger partial charge is 0.507 e. The van der Waals surface area contributed by atoms with Gasteiger partial charge in [0.15, 0.2) is 11.6 Å². The predicted molar refractivity (Wildman–Crippen MR) is 97.3 cm³/mol. The summed E-state index contributed by atoms with van der Waals surface area (Å²) >= 11 is 0. The van der Waals surface area contributed by atoms with Crippen molar-refractivity contribution in [2.75, 3.05) is 18.9 Å². The van der Waals surface area contributed by atoms with E-state index in [-0.39, 0.29) is 17.5 Å². The van der Waals surface area contributed by atoms with E-state index in [0.29, 0.717) is 30.2 Å². The lowest BCUT2D eigenvalue weighted by molar-refractivity contribution is 0.290. The fraction of sp³-hybridized carbons (Fsp3) is 0.158. The van der Waals surface area contributed by atoms with Crippen molar-refractivity contribution in [3.63, 3.8) is 0 Å². The molecule has 6 heteroatoms. The van der Waals surface area contributed by atoms with Gasteiger partial charge in [-0.05, 0) is 17.7 Å². The van der Waals surface area contributed by atoms with Crippen molar-refractivity contribution in [2.24, 2.45) is 5.73 Å². The molecule has 3 rings (SSSR count).